The van der Waals surface area contributed by atoms with Crippen molar-refractivity contribution in [2.24, 2.45) is 0 Å². The number of rotatable bonds is 2. The van der Waals surface area contributed by atoms with Crippen molar-refractivity contribution >= 4 is 32.6 Å². The minimum atomic E-state index is -0.00289. The highest BCUT2D eigenvalue weighted by molar-refractivity contribution is 9.10. The lowest BCUT2D eigenvalue weighted by Gasteiger charge is -2.02. The minimum Gasteiger partial charge on any atom is -0.506 e. The van der Waals surface area contributed by atoms with Crippen LogP contribution in [0, 0.1) is 0 Å². The van der Waals surface area contributed by atoms with Crippen molar-refractivity contribution in [1.29, 1.82) is 0 Å². The van der Waals surface area contributed by atoms with Gasteiger partial charge in [-0.15, -0.1) is 0 Å². The van der Waals surface area contributed by atoms with Gasteiger partial charge in [-0.25, -0.2) is 0 Å². The van der Waals surface area contributed by atoms with E-state index in [1.54, 1.807) is 6.20 Å². The molecule has 0 aliphatic heterocycles. The first-order chi connectivity index (χ1) is 7.13. The summed E-state index contributed by atoms with van der Waals surface area (Å²) in [5.41, 5.74) is 1.56. The Hall–Kier alpha value is -1.29. The average Bonchev–Trinajstić information content (AvgIpc) is 2.55. The summed E-state index contributed by atoms with van der Waals surface area (Å²) in [6.07, 6.45) is 3.75. The molecule has 2 heterocycles. The van der Waals surface area contributed by atoms with Crippen molar-refractivity contribution < 1.29 is 5.11 Å². The van der Waals surface area contributed by atoms with Gasteiger partial charge >= 0.3 is 0 Å². The molecule has 2 aromatic heterocycles. The normalized spacial score (nSPS) is 10.8. The number of halogens is 1. The zero-order valence-electron chi connectivity index (χ0n) is 8.37. The van der Waals surface area contributed by atoms with Gasteiger partial charge in [0.15, 0.2) is 0 Å². The van der Waals surface area contributed by atoms with Crippen LogP contribution < -0.4 is 0 Å². The maximum absolute atomic E-state index is 9.28. The average molecular weight is 267 g/mol. The SMILES string of the molecule is C=C(O)c1cc2c(cn1)c(Br)cn2CC. The highest BCUT2D eigenvalue weighted by atomic mass is 79.9. The smallest absolute Gasteiger partial charge is 0.134 e. The molecular weight excluding hydrogens is 256 g/mol. The molecule has 0 fully saturated rings. The molecule has 0 saturated carbocycles. The van der Waals surface area contributed by atoms with E-state index in [1.807, 2.05) is 12.3 Å². The molecule has 0 bridgehead atoms. The van der Waals surface area contributed by atoms with Gasteiger partial charge in [-0.05, 0) is 28.9 Å². The number of aliphatic hydroxyl groups is 1. The second kappa shape index (κ2) is 3.70. The second-order valence-electron chi connectivity index (χ2n) is 3.30. The van der Waals surface area contributed by atoms with Crippen LogP contribution in [0.25, 0.3) is 16.7 Å². The topological polar surface area (TPSA) is 38.1 Å². The Morgan fingerprint density at radius 2 is 2.40 bits per heavy atom. The van der Waals surface area contributed by atoms with Crippen LogP contribution in [-0.4, -0.2) is 14.7 Å². The molecular formula is C11H11BrN2O. The second-order valence-corrected chi connectivity index (χ2v) is 4.15. The number of fused-ring (bicyclic) bond motifs is 1. The number of hydrogen-bond acceptors (Lipinski definition) is 2. The van der Waals surface area contributed by atoms with Crippen LogP contribution in [0.3, 0.4) is 0 Å². The van der Waals surface area contributed by atoms with Crippen LogP contribution in [-0.2, 0) is 6.54 Å². The molecule has 4 heteroatoms. The van der Waals surface area contributed by atoms with Crippen molar-refractivity contribution in [3.8, 4) is 0 Å². The van der Waals surface area contributed by atoms with Crippen molar-refractivity contribution in [3.05, 3.63) is 35.2 Å². The van der Waals surface area contributed by atoms with Crippen molar-refractivity contribution in [2.45, 2.75) is 13.5 Å². The first-order valence-electron chi connectivity index (χ1n) is 4.66. The molecule has 2 aromatic rings. The van der Waals surface area contributed by atoms with Crippen LogP contribution in [0.2, 0.25) is 0 Å². The summed E-state index contributed by atoms with van der Waals surface area (Å²) >= 11 is 3.47. The number of pyridine rings is 1. The number of aromatic nitrogens is 2. The molecule has 0 spiro atoms. The fourth-order valence-electron chi connectivity index (χ4n) is 1.56. The maximum Gasteiger partial charge on any atom is 0.134 e. The Bertz CT molecular complexity index is 531. The molecule has 0 aliphatic carbocycles. The Morgan fingerprint density at radius 1 is 1.67 bits per heavy atom. The zero-order valence-corrected chi connectivity index (χ0v) is 9.95. The van der Waals surface area contributed by atoms with Gasteiger partial charge < -0.3 is 9.67 Å². The lowest BCUT2D eigenvalue weighted by Crippen LogP contribution is -1.93. The molecule has 15 heavy (non-hydrogen) atoms. The molecule has 0 atom stereocenters. The molecule has 3 nitrogen and oxygen atoms in total. The Kier molecular flexibility index (Phi) is 2.52. The van der Waals surface area contributed by atoms with E-state index in [4.69, 9.17) is 0 Å². The number of aryl methyl sites for hydroxylation is 1. The fraction of sp³-hybridized carbons (Fsp3) is 0.182. The molecule has 78 valence electrons. The first kappa shape index (κ1) is 10.2. The van der Waals surface area contributed by atoms with Crippen LogP contribution >= 0.6 is 15.9 Å². The van der Waals surface area contributed by atoms with Gasteiger partial charge in [-0.3, -0.25) is 4.98 Å². The minimum absolute atomic E-state index is 0.00289. The third-order valence-electron chi connectivity index (χ3n) is 2.35. The van der Waals surface area contributed by atoms with Gasteiger partial charge in [-0.2, -0.15) is 0 Å². The van der Waals surface area contributed by atoms with Gasteiger partial charge in [0.1, 0.15) is 11.5 Å². The van der Waals surface area contributed by atoms with Crippen LogP contribution in [0.4, 0.5) is 0 Å². The highest BCUT2D eigenvalue weighted by Crippen LogP contribution is 2.26. The number of aliphatic hydroxyl groups excluding tert-OH is 1. The predicted octanol–water partition coefficient (Wildman–Crippen LogP) is 3.35. The summed E-state index contributed by atoms with van der Waals surface area (Å²) in [5.74, 6) is -0.00289. The Morgan fingerprint density at radius 3 is 3.00 bits per heavy atom. The first-order valence-corrected chi connectivity index (χ1v) is 5.45. The molecule has 0 radical (unpaired) electrons. The standard InChI is InChI=1S/C11H11BrN2O/c1-3-14-6-9(12)8-5-13-10(7(2)15)4-11(8)14/h4-6,15H,2-3H2,1H3. The van der Waals surface area contributed by atoms with Crippen LogP contribution in [0.5, 0.6) is 0 Å². The van der Waals surface area contributed by atoms with E-state index in [0.717, 1.165) is 21.9 Å². The summed E-state index contributed by atoms with van der Waals surface area (Å²) in [5, 5.41) is 10.3. The molecule has 0 unspecified atom stereocenters. The lowest BCUT2D eigenvalue weighted by atomic mass is 10.2. The summed E-state index contributed by atoms with van der Waals surface area (Å²) in [7, 11) is 0. The van der Waals surface area contributed by atoms with E-state index in [-0.39, 0.29) is 5.76 Å². The Labute approximate surface area is 96.2 Å². The van der Waals surface area contributed by atoms with E-state index < -0.39 is 0 Å². The van der Waals surface area contributed by atoms with Crippen molar-refractivity contribution in [3.63, 3.8) is 0 Å². The number of hydrogen-bond donors (Lipinski definition) is 1. The summed E-state index contributed by atoms with van der Waals surface area (Å²) < 4.78 is 3.11. The number of nitrogens with zero attached hydrogens (tertiary/aromatic N) is 2. The molecule has 0 aromatic carbocycles. The van der Waals surface area contributed by atoms with Crippen LogP contribution in [0.15, 0.2) is 29.5 Å². The van der Waals surface area contributed by atoms with Gasteiger partial charge in [0, 0.05) is 28.8 Å². The highest BCUT2D eigenvalue weighted by Gasteiger charge is 2.08. The van der Waals surface area contributed by atoms with Gasteiger partial charge in [0.2, 0.25) is 0 Å². The largest absolute Gasteiger partial charge is 0.506 e. The predicted molar refractivity (Wildman–Crippen MR) is 64.8 cm³/mol. The lowest BCUT2D eigenvalue weighted by molar-refractivity contribution is 0.510. The van der Waals surface area contributed by atoms with E-state index >= 15 is 0 Å². The molecule has 0 amide bonds. The van der Waals surface area contributed by atoms with Crippen LogP contribution in [0.1, 0.15) is 12.6 Å². The van der Waals surface area contributed by atoms with E-state index in [1.165, 1.54) is 0 Å². The molecule has 1 N–H and O–H groups in total. The van der Waals surface area contributed by atoms with Gasteiger partial charge in [-0.1, -0.05) is 6.58 Å². The molecule has 0 aliphatic rings. The maximum atomic E-state index is 9.28. The molecule has 0 saturated heterocycles. The van der Waals surface area contributed by atoms with Crippen molar-refractivity contribution in [1.82, 2.24) is 9.55 Å². The summed E-state index contributed by atoms with van der Waals surface area (Å²) in [6, 6.07) is 1.84. The van der Waals surface area contributed by atoms with Gasteiger partial charge in [0.05, 0.1) is 5.52 Å². The zero-order chi connectivity index (χ0) is 11.0. The Balaban J connectivity index is 2.73. The molecule has 2 rings (SSSR count). The quantitative estimate of drug-likeness (QED) is 0.847. The third kappa shape index (κ3) is 1.65. The van der Waals surface area contributed by atoms with E-state index in [9.17, 15) is 5.11 Å². The van der Waals surface area contributed by atoms with Gasteiger partial charge in [0.25, 0.3) is 0 Å². The summed E-state index contributed by atoms with van der Waals surface area (Å²) in [4.78, 5) is 4.12. The summed E-state index contributed by atoms with van der Waals surface area (Å²) in [6.45, 7) is 6.41. The fourth-order valence-corrected chi connectivity index (χ4v) is 2.11. The van der Waals surface area contributed by atoms with Crippen molar-refractivity contribution in [2.75, 3.05) is 0 Å². The monoisotopic (exact) mass is 266 g/mol. The van der Waals surface area contributed by atoms with E-state index in [0.29, 0.717) is 5.69 Å². The third-order valence-corrected chi connectivity index (χ3v) is 2.99. The van der Waals surface area contributed by atoms with E-state index in [2.05, 4.69) is 39.0 Å².